The number of benzene rings is 1. The van der Waals surface area contributed by atoms with Gasteiger partial charge in [-0.1, -0.05) is 17.3 Å². The lowest BCUT2D eigenvalue weighted by Gasteiger charge is -2.05. The second-order valence-corrected chi connectivity index (χ2v) is 3.97. The number of aromatic carboxylic acids is 1. The van der Waals surface area contributed by atoms with E-state index in [9.17, 15) is 9.90 Å². The first-order chi connectivity index (χ1) is 8.75. The molecule has 2 aromatic heterocycles. The van der Waals surface area contributed by atoms with Crippen LogP contribution in [-0.2, 0) is 6.54 Å². The summed E-state index contributed by atoms with van der Waals surface area (Å²) in [6, 6.07) is 8.87. The quantitative estimate of drug-likeness (QED) is 0.765. The Morgan fingerprint density at radius 1 is 1.33 bits per heavy atom. The van der Waals surface area contributed by atoms with Crippen LogP contribution in [0.2, 0.25) is 0 Å². The molecule has 0 amide bonds. The van der Waals surface area contributed by atoms with Gasteiger partial charge in [0.25, 0.3) is 0 Å². The van der Waals surface area contributed by atoms with E-state index in [4.69, 9.17) is 4.52 Å². The lowest BCUT2D eigenvalue weighted by Crippen LogP contribution is -2.03. The van der Waals surface area contributed by atoms with Crippen LogP contribution in [0.5, 0.6) is 0 Å². The van der Waals surface area contributed by atoms with Crippen LogP contribution in [0.1, 0.15) is 16.1 Å². The van der Waals surface area contributed by atoms with Crippen molar-refractivity contribution in [3.63, 3.8) is 0 Å². The Balaban J connectivity index is 2.15. The number of carbonyl (C=O) groups is 1. The number of fused-ring (bicyclic) bond motifs is 1. The first-order valence-electron chi connectivity index (χ1n) is 5.46. The highest BCUT2D eigenvalue weighted by molar-refractivity contribution is 6.02. The molecule has 2 heterocycles. The maximum atomic E-state index is 11.2. The molecule has 0 saturated heterocycles. The lowest BCUT2D eigenvalue weighted by molar-refractivity contribution is 0.0698. The summed E-state index contributed by atoms with van der Waals surface area (Å²) >= 11 is 0. The van der Waals surface area contributed by atoms with E-state index in [1.807, 2.05) is 22.9 Å². The molecule has 1 N–H and O–H groups in total. The van der Waals surface area contributed by atoms with Crippen molar-refractivity contribution in [1.82, 2.24) is 9.72 Å². The number of para-hydroxylation sites is 1. The second-order valence-electron chi connectivity index (χ2n) is 3.97. The Labute approximate surface area is 102 Å². The van der Waals surface area contributed by atoms with Gasteiger partial charge in [-0.25, -0.2) is 4.79 Å². The lowest BCUT2D eigenvalue weighted by atomic mass is 10.1. The summed E-state index contributed by atoms with van der Waals surface area (Å²) < 4.78 is 6.88. The van der Waals surface area contributed by atoms with Crippen molar-refractivity contribution < 1.29 is 14.4 Å². The topological polar surface area (TPSA) is 68.3 Å². The zero-order valence-electron chi connectivity index (χ0n) is 9.41. The Hall–Kier alpha value is -2.56. The fourth-order valence-electron chi connectivity index (χ4n) is 2.06. The number of hydrogen-bond acceptors (Lipinski definition) is 3. The summed E-state index contributed by atoms with van der Waals surface area (Å²) in [5, 5.41) is 13.7. The van der Waals surface area contributed by atoms with Crippen molar-refractivity contribution >= 4 is 16.9 Å². The monoisotopic (exact) mass is 242 g/mol. The minimum absolute atomic E-state index is 0.289. The molecule has 0 saturated carbocycles. The third-order valence-electron chi connectivity index (χ3n) is 2.84. The largest absolute Gasteiger partial charge is 0.478 e. The number of hydrogen-bond donors (Lipinski definition) is 1. The van der Waals surface area contributed by atoms with E-state index >= 15 is 0 Å². The van der Waals surface area contributed by atoms with Crippen molar-refractivity contribution in [2.24, 2.45) is 0 Å². The van der Waals surface area contributed by atoms with E-state index in [0.717, 1.165) is 5.39 Å². The molecule has 90 valence electrons. The predicted molar refractivity (Wildman–Crippen MR) is 64.5 cm³/mol. The molecule has 0 bridgehead atoms. The van der Waals surface area contributed by atoms with E-state index in [2.05, 4.69) is 5.16 Å². The summed E-state index contributed by atoms with van der Waals surface area (Å²) in [5.41, 5.74) is 0.985. The van der Waals surface area contributed by atoms with Gasteiger partial charge in [-0.05, 0) is 12.1 Å². The molecule has 5 heteroatoms. The molecular formula is C13H10N2O3. The van der Waals surface area contributed by atoms with Crippen molar-refractivity contribution in [3.8, 4) is 0 Å². The molecule has 0 fully saturated rings. The predicted octanol–water partition coefficient (Wildman–Crippen LogP) is 2.38. The van der Waals surface area contributed by atoms with Crippen molar-refractivity contribution in [2.45, 2.75) is 6.54 Å². The maximum absolute atomic E-state index is 11.2. The van der Waals surface area contributed by atoms with Gasteiger partial charge in [-0.2, -0.15) is 0 Å². The number of carboxylic acid groups (broad SMARTS) is 1. The number of carboxylic acids is 1. The standard InChI is InChI=1S/C13H10N2O3/c16-13(17)11-3-1-2-9-5-7-15(12(9)11)8-10-4-6-14-18-10/h1-7H,8H2,(H,16,17). The molecule has 0 radical (unpaired) electrons. The molecule has 5 nitrogen and oxygen atoms in total. The van der Waals surface area contributed by atoms with Crippen LogP contribution in [0.15, 0.2) is 47.2 Å². The molecule has 3 aromatic rings. The third-order valence-corrected chi connectivity index (χ3v) is 2.84. The van der Waals surface area contributed by atoms with Crippen LogP contribution in [0.3, 0.4) is 0 Å². The Morgan fingerprint density at radius 2 is 2.22 bits per heavy atom. The zero-order chi connectivity index (χ0) is 12.5. The SMILES string of the molecule is O=C(O)c1cccc2ccn(Cc3ccno3)c12. The molecule has 0 aliphatic heterocycles. The van der Waals surface area contributed by atoms with Gasteiger partial charge in [0, 0.05) is 17.6 Å². The molecule has 0 unspecified atom stereocenters. The average molecular weight is 242 g/mol. The molecule has 0 spiro atoms. The van der Waals surface area contributed by atoms with E-state index in [-0.39, 0.29) is 5.56 Å². The summed E-state index contributed by atoms with van der Waals surface area (Å²) in [6.07, 6.45) is 3.42. The van der Waals surface area contributed by atoms with Crippen LogP contribution >= 0.6 is 0 Å². The Bertz CT molecular complexity index is 698. The first-order valence-corrected chi connectivity index (χ1v) is 5.46. The van der Waals surface area contributed by atoms with Crippen molar-refractivity contribution in [2.75, 3.05) is 0 Å². The number of rotatable bonds is 3. The second kappa shape index (κ2) is 4.03. The van der Waals surface area contributed by atoms with Crippen molar-refractivity contribution in [1.29, 1.82) is 0 Å². The average Bonchev–Trinajstić information content (AvgIpc) is 2.99. The van der Waals surface area contributed by atoms with E-state index in [1.54, 1.807) is 24.4 Å². The highest BCUT2D eigenvalue weighted by Crippen LogP contribution is 2.21. The van der Waals surface area contributed by atoms with Gasteiger partial charge in [-0.3, -0.25) is 0 Å². The normalized spacial score (nSPS) is 10.9. The van der Waals surface area contributed by atoms with Crippen LogP contribution < -0.4 is 0 Å². The smallest absolute Gasteiger partial charge is 0.337 e. The Morgan fingerprint density at radius 3 is 2.94 bits per heavy atom. The van der Waals surface area contributed by atoms with Gasteiger partial charge < -0.3 is 14.2 Å². The van der Waals surface area contributed by atoms with E-state index in [0.29, 0.717) is 17.8 Å². The van der Waals surface area contributed by atoms with E-state index < -0.39 is 5.97 Å². The molecule has 0 atom stereocenters. The Kier molecular flexibility index (Phi) is 2.37. The number of aromatic nitrogens is 2. The van der Waals surface area contributed by atoms with Gasteiger partial charge in [0.1, 0.15) is 0 Å². The van der Waals surface area contributed by atoms with Crippen LogP contribution in [0, 0.1) is 0 Å². The minimum Gasteiger partial charge on any atom is -0.478 e. The summed E-state index contributed by atoms with van der Waals surface area (Å²) in [6.45, 7) is 0.466. The van der Waals surface area contributed by atoms with Gasteiger partial charge >= 0.3 is 5.97 Å². The van der Waals surface area contributed by atoms with Gasteiger partial charge in [0.05, 0.1) is 23.8 Å². The molecular weight excluding hydrogens is 232 g/mol. The summed E-state index contributed by atoms with van der Waals surface area (Å²) in [4.78, 5) is 11.2. The molecule has 0 aliphatic carbocycles. The maximum Gasteiger partial charge on any atom is 0.337 e. The van der Waals surface area contributed by atoms with Gasteiger partial charge in [-0.15, -0.1) is 0 Å². The molecule has 18 heavy (non-hydrogen) atoms. The fourth-order valence-corrected chi connectivity index (χ4v) is 2.06. The van der Waals surface area contributed by atoms with Crippen molar-refractivity contribution in [3.05, 3.63) is 54.0 Å². The highest BCUT2D eigenvalue weighted by atomic mass is 16.5. The van der Waals surface area contributed by atoms with Gasteiger partial charge in [0.15, 0.2) is 5.76 Å². The summed E-state index contributed by atoms with van der Waals surface area (Å²) in [7, 11) is 0. The third kappa shape index (κ3) is 1.66. The number of nitrogens with zero attached hydrogens (tertiary/aromatic N) is 2. The van der Waals surface area contributed by atoms with Crippen LogP contribution in [-0.4, -0.2) is 20.8 Å². The molecule has 1 aromatic carbocycles. The summed E-state index contributed by atoms with van der Waals surface area (Å²) in [5.74, 6) is -0.245. The fraction of sp³-hybridized carbons (Fsp3) is 0.0769. The van der Waals surface area contributed by atoms with E-state index in [1.165, 1.54) is 0 Å². The highest BCUT2D eigenvalue weighted by Gasteiger charge is 2.12. The minimum atomic E-state index is -0.932. The van der Waals surface area contributed by atoms with Crippen LogP contribution in [0.25, 0.3) is 10.9 Å². The van der Waals surface area contributed by atoms with Gasteiger partial charge in [0.2, 0.25) is 0 Å². The zero-order valence-corrected chi connectivity index (χ0v) is 9.41. The van der Waals surface area contributed by atoms with Crippen LogP contribution in [0.4, 0.5) is 0 Å². The molecule has 3 rings (SSSR count). The first kappa shape index (κ1) is 10.6. The molecule has 0 aliphatic rings.